The third-order valence-corrected chi connectivity index (χ3v) is 3.39. The highest BCUT2D eigenvalue weighted by Gasteiger charge is 2.28. The van der Waals surface area contributed by atoms with E-state index in [1.807, 2.05) is 0 Å². The van der Waals surface area contributed by atoms with Crippen LogP contribution < -0.4 is 0 Å². The van der Waals surface area contributed by atoms with Gasteiger partial charge in [0.15, 0.2) is 0 Å². The second-order valence-corrected chi connectivity index (χ2v) is 4.48. The first-order chi connectivity index (χ1) is 8.74. The number of benzene rings is 1. The third-order valence-electron chi connectivity index (χ3n) is 3.39. The minimum atomic E-state index is -0.372. The zero-order valence-corrected chi connectivity index (χ0v) is 10.1. The highest BCUT2D eigenvalue weighted by atomic mass is 16.6. The summed E-state index contributed by atoms with van der Waals surface area (Å²) in [7, 11) is 0. The van der Waals surface area contributed by atoms with Gasteiger partial charge in [0.05, 0.1) is 4.92 Å². The van der Waals surface area contributed by atoms with E-state index in [-0.39, 0.29) is 16.7 Å². The number of likely N-dealkylation sites (tertiary alicyclic amines) is 1. The highest BCUT2D eigenvalue weighted by molar-refractivity contribution is 5.53. The van der Waals surface area contributed by atoms with Crippen LogP contribution in [-0.4, -0.2) is 29.2 Å². The lowest BCUT2D eigenvalue weighted by Crippen LogP contribution is -2.26. The fourth-order valence-corrected chi connectivity index (χ4v) is 2.55. The lowest BCUT2D eigenvalue weighted by atomic mass is 10.0. The number of hydrogen-bond donors (Lipinski definition) is 0. The summed E-state index contributed by atoms with van der Waals surface area (Å²) in [4.78, 5) is 23.7. The van der Waals surface area contributed by atoms with Gasteiger partial charge in [-0.05, 0) is 25.9 Å². The first-order valence-electron chi connectivity index (χ1n) is 6.15. The molecule has 1 aromatic carbocycles. The van der Waals surface area contributed by atoms with Crippen molar-refractivity contribution in [1.29, 1.82) is 0 Å². The molecule has 1 aliphatic rings. The van der Waals surface area contributed by atoms with E-state index in [2.05, 4.69) is 4.90 Å². The Bertz CT molecular complexity index is 442. The molecule has 0 spiro atoms. The van der Waals surface area contributed by atoms with Crippen LogP contribution in [0.5, 0.6) is 0 Å². The number of carbonyl (C=O) groups is 1. The number of para-hydroxylation sites is 1. The van der Waals surface area contributed by atoms with E-state index in [1.165, 1.54) is 6.07 Å². The van der Waals surface area contributed by atoms with Crippen molar-refractivity contribution in [1.82, 2.24) is 4.90 Å². The van der Waals surface area contributed by atoms with Gasteiger partial charge in [0.25, 0.3) is 5.69 Å². The monoisotopic (exact) mass is 248 g/mol. The molecule has 1 aliphatic heterocycles. The van der Waals surface area contributed by atoms with Gasteiger partial charge in [-0.2, -0.15) is 0 Å². The Labute approximate surface area is 106 Å². The van der Waals surface area contributed by atoms with Crippen LogP contribution in [0.1, 0.15) is 30.9 Å². The normalized spacial score (nSPS) is 17.6. The van der Waals surface area contributed by atoms with Crippen molar-refractivity contribution >= 4 is 12.0 Å². The van der Waals surface area contributed by atoms with Crippen molar-refractivity contribution in [2.75, 3.05) is 13.1 Å². The first-order valence-corrected chi connectivity index (χ1v) is 6.15. The van der Waals surface area contributed by atoms with E-state index in [4.69, 9.17) is 0 Å². The Morgan fingerprint density at radius 3 is 2.61 bits per heavy atom. The van der Waals surface area contributed by atoms with Gasteiger partial charge >= 0.3 is 0 Å². The van der Waals surface area contributed by atoms with Crippen LogP contribution in [0.25, 0.3) is 0 Å². The summed E-state index contributed by atoms with van der Waals surface area (Å²) in [6.07, 6.45) is 3.34. The Morgan fingerprint density at radius 1 is 1.33 bits per heavy atom. The maximum atomic E-state index is 11.0. The van der Waals surface area contributed by atoms with Crippen LogP contribution in [-0.2, 0) is 4.79 Å². The zero-order chi connectivity index (χ0) is 13.0. The Kier molecular flexibility index (Phi) is 4.04. The number of hydrogen-bond acceptors (Lipinski definition) is 4. The first kappa shape index (κ1) is 12.7. The molecule has 1 heterocycles. The molecular formula is C13H16N2O3. The lowest BCUT2D eigenvalue weighted by Gasteiger charge is -2.25. The maximum absolute atomic E-state index is 11.0. The molecular weight excluding hydrogens is 232 g/mol. The van der Waals surface area contributed by atoms with Crippen molar-refractivity contribution in [3.05, 3.63) is 39.9 Å². The summed E-state index contributed by atoms with van der Waals surface area (Å²) in [5.74, 6) is 0. The molecule has 0 aromatic heterocycles. The number of nitro groups is 1. The molecule has 1 aromatic rings. The van der Waals surface area contributed by atoms with E-state index in [0.717, 1.165) is 32.2 Å². The van der Waals surface area contributed by atoms with Gasteiger partial charge in [0.2, 0.25) is 0 Å². The molecule has 1 saturated heterocycles. The molecule has 5 nitrogen and oxygen atoms in total. The Hall–Kier alpha value is -1.75. The molecule has 1 atom stereocenters. The lowest BCUT2D eigenvalue weighted by molar-refractivity contribution is -0.386. The van der Waals surface area contributed by atoms with E-state index in [0.29, 0.717) is 12.0 Å². The van der Waals surface area contributed by atoms with Crippen LogP contribution in [0, 0.1) is 10.1 Å². The van der Waals surface area contributed by atoms with Gasteiger partial charge in [-0.25, -0.2) is 0 Å². The molecule has 1 fully saturated rings. The Morgan fingerprint density at radius 2 is 2.00 bits per heavy atom. The van der Waals surface area contributed by atoms with Crippen LogP contribution in [0.2, 0.25) is 0 Å². The van der Waals surface area contributed by atoms with Crippen LogP contribution >= 0.6 is 0 Å². The van der Waals surface area contributed by atoms with Gasteiger partial charge < -0.3 is 4.79 Å². The van der Waals surface area contributed by atoms with Crippen LogP contribution in [0.4, 0.5) is 5.69 Å². The van der Waals surface area contributed by atoms with Gasteiger partial charge in [-0.3, -0.25) is 15.0 Å². The van der Waals surface area contributed by atoms with E-state index < -0.39 is 0 Å². The SMILES string of the molecule is O=CCC(c1ccccc1[N+](=O)[O-])N1CCCC1. The van der Waals surface area contributed by atoms with Crippen LogP contribution in [0.3, 0.4) is 0 Å². The summed E-state index contributed by atoms with van der Waals surface area (Å²) in [6.45, 7) is 1.81. The van der Waals surface area contributed by atoms with Crippen molar-refractivity contribution in [3.63, 3.8) is 0 Å². The summed E-state index contributed by atoms with van der Waals surface area (Å²) in [5, 5.41) is 11.0. The van der Waals surface area contributed by atoms with Crippen molar-refractivity contribution < 1.29 is 9.72 Å². The highest BCUT2D eigenvalue weighted by Crippen LogP contribution is 2.33. The molecule has 0 aliphatic carbocycles. The number of nitro benzene ring substituents is 1. The van der Waals surface area contributed by atoms with Crippen LogP contribution in [0.15, 0.2) is 24.3 Å². The second kappa shape index (κ2) is 5.73. The van der Waals surface area contributed by atoms with Gasteiger partial charge in [-0.15, -0.1) is 0 Å². The fraction of sp³-hybridized carbons (Fsp3) is 0.462. The third kappa shape index (κ3) is 2.56. The second-order valence-electron chi connectivity index (χ2n) is 4.48. The number of aldehydes is 1. The molecule has 2 rings (SSSR count). The summed E-state index contributed by atoms with van der Waals surface area (Å²) in [6, 6.07) is 6.54. The largest absolute Gasteiger partial charge is 0.303 e. The maximum Gasteiger partial charge on any atom is 0.274 e. The quantitative estimate of drug-likeness (QED) is 0.455. The van der Waals surface area contributed by atoms with E-state index in [9.17, 15) is 14.9 Å². The van der Waals surface area contributed by atoms with E-state index >= 15 is 0 Å². The van der Waals surface area contributed by atoms with Gasteiger partial charge in [0, 0.05) is 24.1 Å². The molecule has 0 N–H and O–H groups in total. The predicted molar refractivity (Wildman–Crippen MR) is 67.3 cm³/mol. The zero-order valence-electron chi connectivity index (χ0n) is 10.1. The molecule has 1 unspecified atom stereocenters. The molecule has 96 valence electrons. The fourth-order valence-electron chi connectivity index (χ4n) is 2.55. The molecule has 0 radical (unpaired) electrons. The molecule has 0 saturated carbocycles. The number of rotatable bonds is 5. The minimum Gasteiger partial charge on any atom is -0.303 e. The summed E-state index contributed by atoms with van der Waals surface area (Å²) >= 11 is 0. The summed E-state index contributed by atoms with van der Waals surface area (Å²) < 4.78 is 0. The van der Waals surface area contributed by atoms with Gasteiger partial charge in [0.1, 0.15) is 6.29 Å². The van der Waals surface area contributed by atoms with Crippen molar-refractivity contribution in [3.8, 4) is 0 Å². The minimum absolute atomic E-state index is 0.108. The predicted octanol–water partition coefficient (Wildman–Crippen LogP) is 2.32. The average Bonchev–Trinajstić information content (AvgIpc) is 2.89. The topological polar surface area (TPSA) is 63.4 Å². The van der Waals surface area contributed by atoms with Gasteiger partial charge in [-0.1, -0.05) is 18.2 Å². The molecule has 0 bridgehead atoms. The van der Waals surface area contributed by atoms with Crippen molar-refractivity contribution in [2.45, 2.75) is 25.3 Å². The smallest absolute Gasteiger partial charge is 0.274 e. The molecule has 5 heteroatoms. The summed E-state index contributed by atoms with van der Waals surface area (Å²) in [5.41, 5.74) is 0.757. The number of carbonyl (C=O) groups excluding carboxylic acids is 1. The Balaban J connectivity index is 2.35. The van der Waals surface area contributed by atoms with E-state index in [1.54, 1.807) is 18.2 Å². The average molecular weight is 248 g/mol. The molecule has 0 amide bonds. The van der Waals surface area contributed by atoms with Crippen molar-refractivity contribution in [2.24, 2.45) is 0 Å². The number of nitrogens with zero attached hydrogens (tertiary/aromatic N) is 2. The standard InChI is InChI=1S/C13H16N2O3/c16-10-7-12(14-8-3-4-9-14)11-5-1-2-6-13(11)15(17)18/h1-2,5-6,10,12H,3-4,7-9H2. The molecule has 18 heavy (non-hydrogen) atoms.